The summed E-state index contributed by atoms with van der Waals surface area (Å²) in [5, 5.41) is 0. The Morgan fingerprint density at radius 1 is 1.38 bits per heavy atom. The van der Waals surface area contributed by atoms with Crippen molar-refractivity contribution >= 4 is 5.69 Å². The Morgan fingerprint density at radius 3 is 2.88 bits per heavy atom. The van der Waals surface area contributed by atoms with Gasteiger partial charge >= 0.3 is 0 Å². The maximum Gasteiger partial charge on any atom is 0.143 e. The van der Waals surface area contributed by atoms with Gasteiger partial charge in [0.05, 0.1) is 12.2 Å². The highest BCUT2D eigenvalue weighted by Gasteiger charge is 2.30. The molecule has 3 nitrogen and oxygen atoms in total. The number of fused-ring (bicyclic) bond motifs is 1. The highest BCUT2D eigenvalue weighted by atomic mass is 16.5. The molecule has 1 aromatic carbocycles. The molecule has 0 amide bonds. The molecule has 16 heavy (non-hydrogen) atoms. The van der Waals surface area contributed by atoms with Crippen molar-refractivity contribution in [2.45, 2.75) is 25.9 Å². The number of nitrogens with two attached hydrogens (primary N) is 1. The second-order valence-corrected chi connectivity index (χ2v) is 4.89. The zero-order valence-corrected chi connectivity index (χ0v) is 10.1. The number of benzene rings is 1. The number of nitrogens with zero attached hydrogens (tertiary/aromatic N) is 1. The summed E-state index contributed by atoms with van der Waals surface area (Å²) in [6, 6.07) is 8.21. The van der Waals surface area contributed by atoms with E-state index < -0.39 is 0 Å². The van der Waals surface area contributed by atoms with Crippen LogP contribution in [0.15, 0.2) is 24.3 Å². The van der Waals surface area contributed by atoms with Crippen LogP contribution in [0.5, 0.6) is 5.75 Å². The number of ether oxygens (including phenoxy) is 1. The van der Waals surface area contributed by atoms with E-state index in [9.17, 15) is 0 Å². The molecule has 0 aromatic heterocycles. The summed E-state index contributed by atoms with van der Waals surface area (Å²) in [4.78, 5) is 2.37. The first-order chi connectivity index (χ1) is 7.62. The minimum Gasteiger partial charge on any atom is -0.484 e. The molecule has 2 N–H and O–H groups in total. The van der Waals surface area contributed by atoms with Gasteiger partial charge < -0.3 is 15.4 Å². The largest absolute Gasteiger partial charge is 0.484 e. The highest BCUT2D eigenvalue weighted by Crippen LogP contribution is 2.36. The zero-order valence-electron chi connectivity index (χ0n) is 10.1. The molecule has 3 heteroatoms. The van der Waals surface area contributed by atoms with Crippen LogP contribution in [-0.4, -0.2) is 25.2 Å². The lowest BCUT2D eigenvalue weighted by Gasteiger charge is -2.41. The Labute approximate surface area is 97.2 Å². The average Bonchev–Trinajstić information content (AvgIpc) is 2.24. The first kappa shape index (κ1) is 11.3. The third-order valence-corrected chi connectivity index (χ3v) is 2.80. The summed E-state index contributed by atoms with van der Waals surface area (Å²) >= 11 is 0. The molecule has 0 fully saturated rings. The van der Waals surface area contributed by atoms with Crippen LogP contribution in [0, 0.1) is 0 Å². The molecule has 0 saturated heterocycles. The fourth-order valence-corrected chi connectivity index (χ4v) is 2.16. The van der Waals surface area contributed by atoms with Gasteiger partial charge in [0.25, 0.3) is 0 Å². The Hall–Kier alpha value is -1.22. The van der Waals surface area contributed by atoms with Crippen molar-refractivity contribution in [2.24, 2.45) is 5.73 Å². The van der Waals surface area contributed by atoms with E-state index >= 15 is 0 Å². The molecule has 88 valence electrons. The van der Waals surface area contributed by atoms with E-state index in [-0.39, 0.29) is 5.60 Å². The van der Waals surface area contributed by atoms with Crippen molar-refractivity contribution < 1.29 is 4.74 Å². The monoisotopic (exact) mass is 220 g/mol. The number of anilines is 1. The van der Waals surface area contributed by atoms with E-state index in [2.05, 4.69) is 30.9 Å². The highest BCUT2D eigenvalue weighted by molar-refractivity contribution is 5.60. The van der Waals surface area contributed by atoms with Gasteiger partial charge in [-0.25, -0.2) is 0 Å². The van der Waals surface area contributed by atoms with Crippen molar-refractivity contribution in [3.05, 3.63) is 24.3 Å². The van der Waals surface area contributed by atoms with Gasteiger partial charge in [0.1, 0.15) is 11.4 Å². The van der Waals surface area contributed by atoms with E-state index in [1.54, 1.807) is 0 Å². The third-order valence-electron chi connectivity index (χ3n) is 2.80. The SMILES string of the molecule is CC1(C)CN(CCCN)c2ccccc2O1. The van der Waals surface area contributed by atoms with Gasteiger partial charge in [0.15, 0.2) is 0 Å². The maximum atomic E-state index is 5.96. The van der Waals surface area contributed by atoms with Crippen LogP contribution >= 0.6 is 0 Å². The topological polar surface area (TPSA) is 38.5 Å². The second kappa shape index (κ2) is 4.34. The summed E-state index contributed by atoms with van der Waals surface area (Å²) in [6.07, 6.45) is 1.02. The van der Waals surface area contributed by atoms with Crippen molar-refractivity contribution in [3.8, 4) is 5.75 Å². The van der Waals surface area contributed by atoms with E-state index in [1.807, 2.05) is 12.1 Å². The molecule has 1 aliphatic rings. The van der Waals surface area contributed by atoms with Crippen molar-refractivity contribution in [1.82, 2.24) is 0 Å². The van der Waals surface area contributed by atoms with Crippen LogP contribution in [0.3, 0.4) is 0 Å². The van der Waals surface area contributed by atoms with Crippen LogP contribution in [0.25, 0.3) is 0 Å². The lowest BCUT2D eigenvalue weighted by molar-refractivity contribution is 0.105. The first-order valence-electron chi connectivity index (χ1n) is 5.85. The summed E-state index contributed by atoms with van der Waals surface area (Å²) < 4.78 is 5.96. The quantitative estimate of drug-likeness (QED) is 0.847. The lowest BCUT2D eigenvalue weighted by atomic mass is 10.0. The molecule has 0 radical (unpaired) electrons. The first-order valence-corrected chi connectivity index (χ1v) is 5.85. The summed E-state index contributed by atoms with van der Waals surface area (Å²) in [5.41, 5.74) is 6.64. The fourth-order valence-electron chi connectivity index (χ4n) is 2.16. The normalized spacial score (nSPS) is 17.8. The minimum absolute atomic E-state index is 0.122. The molecule has 1 aromatic rings. The second-order valence-electron chi connectivity index (χ2n) is 4.89. The van der Waals surface area contributed by atoms with Crippen molar-refractivity contribution in [1.29, 1.82) is 0 Å². The van der Waals surface area contributed by atoms with Crippen LogP contribution < -0.4 is 15.4 Å². The van der Waals surface area contributed by atoms with E-state index in [1.165, 1.54) is 5.69 Å². The average molecular weight is 220 g/mol. The summed E-state index contributed by atoms with van der Waals surface area (Å²) in [7, 11) is 0. The molecule has 2 rings (SSSR count). The predicted molar refractivity (Wildman–Crippen MR) is 67.0 cm³/mol. The molecule has 0 spiro atoms. The van der Waals surface area contributed by atoms with E-state index in [0.29, 0.717) is 0 Å². The smallest absolute Gasteiger partial charge is 0.143 e. The maximum absolute atomic E-state index is 5.96. The van der Waals surface area contributed by atoms with Gasteiger partial charge in [-0.3, -0.25) is 0 Å². The van der Waals surface area contributed by atoms with Gasteiger partial charge in [-0.2, -0.15) is 0 Å². The third kappa shape index (κ3) is 2.30. The molecule has 0 unspecified atom stereocenters. The van der Waals surface area contributed by atoms with E-state index in [0.717, 1.165) is 31.8 Å². The number of rotatable bonds is 3. The van der Waals surface area contributed by atoms with Gasteiger partial charge in [-0.1, -0.05) is 12.1 Å². The molecule has 0 atom stereocenters. The summed E-state index contributed by atoms with van der Waals surface area (Å²) in [5.74, 6) is 0.982. The minimum atomic E-state index is -0.122. The van der Waals surface area contributed by atoms with Crippen LogP contribution in [0.2, 0.25) is 0 Å². The van der Waals surface area contributed by atoms with Crippen molar-refractivity contribution in [3.63, 3.8) is 0 Å². The fraction of sp³-hybridized carbons (Fsp3) is 0.538. The molecule has 0 bridgehead atoms. The Balaban J connectivity index is 2.25. The Kier molecular flexibility index (Phi) is 3.06. The van der Waals surface area contributed by atoms with Crippen LogP contribution in [0.4, 0.5) is 5.69 Å². The number of hydrogen-bond donors (Lipinski definition) is 1. The summed E-state index contributed by atoms with van der Waals surface area (Å²) in [6.45, 7) is 6.90. The molecular weight excluding hydrogens is 200 g/mol. The Morgan fingerprint density at radius 2 is 2.12 bits per heavy atom. The lowest BCUT2D eigenvalue weighted by Crippen LogP contribution is -2.47. The van der Waals surface area contributed by atoms with Crippen molar-refractivity contribution in [2.75, 3.05) is 24.5 Å². The Bertz CT molecular complexity index is 363. The van der Waals surface area contributed by atoms with Gasteiger partial charge in [0, 0.05) is 6.54 Å². The standard InChI is InChI=1S/C13H20N2O/c1-13(2)10-15(9-5-8-14)11-6-3-4-7-12(11)16-13/h3-4,6-7H,5,8-10,14H2,1-2H3. The van der Waals surface area contributed by atoms with Gasteiger partial charge in [0.2, 0.25) is 0 Å². The number of para-hydroxylation sites is 2. The number of hydrogen-bond acceptors (Lipinski definition) is 3. The van der Waals surface area contributed by atoms with E-state index in [4.69, 9.17) is 10.5 Å². The molecule has 0 aliphatic carbocycles. The van der Waals surface area contributed by atoms with Gasteiger partial charge in [-0.15, -0.1) is 0 Å². The zero-order chi connectivity index (χ0) is 11.6. The predicted octanol–water partition coefficient (Wildman–Crippen LogP) is 2.01. The molecule has 1 heterocycles. The molecular formula is C13H20N2O. The molecule has 0 saturated carbocycles. The molecule has 1 aliphatic heterocycles. The van der Waals surface area contributed by atoms with Crippen LogP contribution in [-0.2, 0) is 0 Å². The van der Waals surface area contributed by atoms with Gasteiger partial charge in [-0.05, 0) is 38.9 Å². The van der Waals surface area contributed by atoms with Crippen LogP contribution in [0.1, 0.15) is 20.3 Å².